The zero-order chi connectivity index (χ0) is 12.1. The summed E-state index contributed by atoms with van der Waals surface area (Å²) in [5.41, 5.74) is 0. The summed E-state index contributed by atoms with van der Waals surface area (Å²) in [5, 5.41) is 6.24. The van der Waals surface area contributed by atoms with Gasteiger partial charge in [0, 0.05) is 12.5 Å². The molecule has 1 unspecified atom stereocenters. The van der Waals surface area contributed by atoms with Gasteiger partial charge in [0.05, 0.1) is 12.3 Å². The average Bonchev–Trinajstić information content (AvgIpc) is 2.99. The average molecular weight is 236 g/mol. The van der Waals surface area contributed by atoms with Gasteiger partial charge in [-0.3, -0.25) is 4.79 Å². The van der Waals surface area contributed by atoms with E-state index in [1.54, 1.807) is 6.26 Å². The van der Waals surface area contributed by atoms with Crippen LogP contribution < -0.4 is 10.6 Å². The Kier molecular flexibility index (Phi) is 4.20. The summed E-state index contributed by atoms with van der Waals surface area (Å²) in [6, 6.07) is 4.06. The van der Waals surface area contributed by atoms with Crippen molar-refractivity contribution >= 4 is 5.91 Å². The second-order valence-corrected chi connectivity index (χ2v) is 4.68. The maximum absolute atomic E-state index is 11.8. The third-order valence-corrected chi connectivity index (χ3v) is 3.17. The number of hydrogen-bond donors (Lipinski definition) is 2. The summed E-state index contributed by atoms with van der Waals surface area (Å²) in [6.45, 7) is 2.99. The Hall–Kier alpha value is -1.29. The molecule has 0 aliphatic carbocycles. The van der Waals surface area contributed by atoms with Crippen molar-refractivity contribution in [2.24, 2.45) is 0 Å². The minimum atomic E-state index is 0.0149. The van der Waals surface area contributed by atoms with E-state index in [0.717, 1.165) is 38.0 Å². The molecule has 1 aliphatic rings. The van der Waals surface area contributed by atoms with Gasteiger partial charge < -0.3 is 15.1 Å². The fourth-order valence-electron chi connectivity index (χ4n) is 2.14. The fraction of sp³-hybridized carbons (Fsp3) is 0.615. The predicted octanol–water partition coefficient (Wildman–Crippen LogP) is 1.47. The second-order valence-electron chi connectivity index (χ2n) is 4.68. The maximum Gasteiger partial charge on any atom is 0.237 e. The lowest BCUT2D eigenvalue weighted by atomic mass is 10.1. The third kappa shape index (κ3) is 3.60. The molecule has 2 atom stereocenters. The highest BCUT2D eigenvalue weighted by atomic mass is 16.3. The van der Waals surface area contributed by atoms with Gasteiger partial charge in [-0.05, 0) is 44.9 Å². The first-order valence-electron chi connectivity index (χ1n) is 6.32. The first kappa shape index (κ1) is 12.2. The normalized spacial score (nSPS) is 21.4. The van der Waals surface area contributed by atoms with E-state index in [4.69, 9.17) is 4.42 Å². The highest BCUT2D eigenvalue weighted by Crippen LogP contribution is 2.08. The Balaban J connectivity index is 1.69. The smallest absolute Gasteiger partial charge is 0.237 e. The van der Waals surface area contributed by atoms with E-state index in [1.165, 1.54) is 0 Å². The van der Waals surface area contributed by atoms with Gasteiger partial charge in [0.1, 0.15) is 5.76 Å². The van der Waals surface area contributed by atoms with Crippen LogP contribution in [0.4, 0.5) is 0 Å². The van der Waals surface area contributed by atoms with Crippen molar-refractivity contribution in [3.8, 4) is 0 Å². The van der Waals surface area contributed by atoms with Crippen molar-refractivity contribution in [2.45, 2.75) is 44.7 Å². The summed E-state index contributed by atoms with van der Waals surface area (Å²) < 4.78 is 5.26. The molecule has 1 fully saturated rings. The zero-order valence-corrected chi connectivity index (χ0v) is 10.2. The van der Waals surface area contributed by atoms with E-state index in [2.05, 4.69) is 10.6 Å². The molecule has 2 heterocycles. The Bertz CT molecular complexity index is 342. The van der Waals surface area contributed by atoms with Gasteiger partial charge in [-0.2, -0.15) is 0 Å². The van der Waals surface area contributed by atoms with Crippen LogP contribution in [0, 0.1) is 0 Å². The zero-order valence-electron chi connectivity index (χ0n) is 10.2. The van der Waals surface area contributed by atoms with Gasteiger partial charge in [0.2, 0.25) is 5.91 Å². The molecule has 1 saturated heterocycles. The number of carbonyl (C=O) groups is 1. The molecule has 1 aliphatic heterocycles. The van der Waals surface area contributed by atoms with Gasteiger partial charge >= 0.3 is 0 Å². The third-order valence-electron chi connectivity index (χ3n) is 3.17. The first-order valence-corrected chi connectivity index (χ1v) is 6.32. The monoisotopic (exact) mass is 236 g/mol. The number of hydrogen-bond acceptors (Lipinski definition) is 3. The highest BCUT2D eigenvalue weighted by molar-refractivity contribution is 5.82. The molecular formula is C13H20N2O2. The van der Waals surface area contributed by atoms with Crippen LogP contribution in [0.5, 0.6) is 0 Å². The van der Waals surface area contributed by atoms with Crippen molar-refractivity contribution in [2.75, 3.05) is 6.54 Å². The van der Waals surface area contributed by atoms with Crippen molar-refractivity contribution in [3.05, 3.63) is 24.2 Å². The number of nitrogens with one attached hydrogen (secondary N) is 2. The molecule has 0 saturated carbocycles. The van der Waals surface area contributed by atoms with Gasteiger partial charge in [-0.15, -0.1) is 0 Å². The second kappa shape index (κ2) is 5.87. The van der Waals surface area contributed by atoms with Crippen LogP contribution >= 0.6 is 0 Å². The molecule has 2 rings (SSSR count). The van der Waals surface area contributed by atoms with Crippen LogP contribution in [-0.2, 0) is 11.2 Å². The highest BCUT2D eigenvalue weighted by Gasteiger charge is 2.22. The number of carbonyl (C=O) groups excluding carboxylic acids is 1. The van der Waals surface area contributed by atoms with Crippen LogP contribution in [0.25, 0.3) is 0 Å². The molecule has 1 aromatic heterocycles. The molecule has 1 aromatic rings. The van der Waals surface area contributed by atoms with Gasteiger partial charge in [-0.1, -0.05) is 0 Å². The summed E-state index contributed by atoms with van der Waals surface area (Å²) >= 11 is 0. The Morgan fingerprint density at radius 3 is 3.24 bits per heavy atom. The topological polar surface area (TPSA) is 54.3 Å². The van der Waals surface area contributed by atoms with Crippen LogP contribution in [-0.4, -0.2) is 24.5 Å². The number of amides is 1. The Morgan fingerprint density at radius 2 is 2.59 bits per heavy atom. The molecule has 1 amide bonds. The Labute approximate surface area is 102 Å². The van der Waals surface area contributed by atoms with Crippen molar-refractivity contribution in [3.63, 3.8) is 0 Å². The van der Waals surface area contributed by atoms with Crippen LogP contribution in [0.15, 0.2) is 22.8 Å². The summed E-state index contributed by atoms with van der Waals surface area (Å²) in [4.78, 5) is 11.8. The van der Waals surface area contributed by atoms with Crippen LogP contribution in [0.3, 0.4) is 0 Å². The fourth-order valence-corrected chi connectivity index (χ4v) is 2.14. The van der Waals surface area contributed by atoms with Gasteiger partial charge in [-0.25, -0.2) is 0 Å². The van der Waals surface area contributed by atoms with Crippen molar-refractivity contribution < 1.29 is 9.21 Å². The molecule has 4 heteroatoms. The van der Waals surface area contributed by atoms with E-state index < -0.39 is 0 Å². The minimum Gasteiger partial charge on any atom is -0.469 e. The summed E-state index contributed by atoms with van der Waals surface area (Å²) in [7, 11) is 0. The van der Waals surface area contributed by atoms with E-state index >= 15 is 0 Å². The quantitative estimate of drug-likeness (QED) is 0.814. The van der Waals surface area contributed by atoms with E-state index in [-0.39, 0.29) is 18.0 Å². The predicted molar refractivity (Wildman–Crippen MR) is 65.7 cm³/mol. The molecule has 0 aromatic carbocycles. The van der Waals surface area contributed by atoms with E-state index in [9.17, 15) is 4.79 Å². The number of aryl methyl sites for hydroxylation is 1. The van der Waals surface area contributed by atoms with Crippen LogP contribution in [0.2, 0.25) is 0 Å². The largest absolute Gasteiger partial charge is 0.469 e. The molecule has 0 spiro atoms. The molecule has 17 heavy (non-hydrogen) atoms. The van der Waals surface area contributed by atoms with E-state index in [1.807, 2.05) is 19.1 Å². The van der Waals surface area contributed by atoms with Gasteiger partial charge in [0.25, 0.3) is 0 Å². The number of furan rings is 1. The van der Waals surface area contributed by atoms with Crippen LogP contribution in [0.1, 0.15) is 31.9 Å². The minimum absolute atomic E-state index is 0.0149. The molecule has 0 radical (unpaired) electrons. The lowest BCUT2D eigenvalue weighted by Crippen LogP contribution is -2.44. The molecular weight excluding hydrogens is 216 g/mol. The SMILES string of the molecule is CC(CCc1ccco1)NC(=O)[C@@H]1CCCN1. The maximum atomic E-state index is 11.8. The summed E-state index contributed by atoms with van der Waals surface area (Å²) in [6.07, 6.45) is 5.51. The lowest BCUT2D eigenvalue weighted by molar-refractivity contribution is -0.123. The molecule has 2 N–H and O–H groups in total. The molecule has 0 bridgehead atoms. The molecule has 94 valence electrons. The molecule has 4 nitrogen and oxygen atoms in total. The number of rotatable bonds is 5. The van der Waals surface area contributed by atoms with Crippen molar-refractivity contribution in [1.29, 1.82) is 0 Å². The summed E-state index contributed by atoms with van der Waals surface area (Å²) in [5.74, 6) is 1.11. The lowest BCUT2D eigenvalue weighted by Gasteiger charge is -2.16. The van der Waals surface area contributed by atoms with Gasteiger partial charge in [0.15, 0.2) is 0 Å². The van der Waals surface area contributed by atoms with Crippen molar-refractivity contribution in [1.82, 2.24) is 10.6 Å². The standard InChI is InChI=1S/C13H20N2O2/c1-10(6-7-11-4-3-9-17-11)15-13(16)12-5-2-8-14-12/h3-4,9-10,12,14H,2,5-8H2,1H3,(H,15,16)/t10?,12-/m0/s1. The Morgan fingerprint density at radius 1 is 1.71 bits per heavy atom. The first-order chi connectivity index (χ1) is 8.25. The van der Waals surface area contributed by atoms with E-state index in [0.29, 0.717) is 0 Å².